The summed E-state index contributed by atoms with van der Waals surface area (Å²) in [7, 11) is 2.90. The Balaban J connectivity index is 3.21. The van der Waals surface area contributed by atoms with Crippen LogP contribution < -0.4 is 9.47 Å². The van der Waals surface area contributed by atoms with Gasteiger partial charge in [-0.1, -0.05) is 6.92 Å². The Kier molecular flexibility index (Phi) is 3.91. The van der Waals surface area contributed by atoms with E-state index in [0.29, 0.717) is 11.3 Å². The highest BCUT2D eigenvalue weighted by Gasteiger charge is 2.15. The van der Waals surface area contributed by atoms with E-state index in [9.17, 15) is 4.39 Å². The standard InChI is InChI=1S/C11H15FO3/c1-7(6-13)8-4-9(12)11(15-3)5-10(8)14-2/h4-5,7,13H,6H2,1-3H3. The molecule has 84 valence electrons. The van der Waals surface area contributed by atoms with Crippen LogP contribution in [0.2, 0.25) is 0 Å². The fourth-order valence-corrected chi connectivity index (χ4v) is 1.37. The lowest BCUT2D eigenvalue weighted by Gasteiger charge is -2.15. The van der Waals surface area contributed by atoms with Crippen LogP contribution in [-0.2, 0) is 0 Å². The fraction of sp³-hybridized carbons (Fsp3) is 0.455. The van der Waals surface area contributed by atoms with Crippen LogP contribution in [0.15, 0.2) is 12.1 Å². The Morgan fingerprint density at radius 2 is 1.87 bits per heavy atom. The van der Waals surface area contributed by atoms with Crippen molar-refractivity contribution in [3.63, 3.8) is 0 Å². The number of aliphatic hydroxyl groups is 1. The molecule has 0 aliphatic carbocycles. The zero-order valence-corrected chi connectivity index (χ0v) is 9.08. The second kappa shape index (κ2) is 4.98. The largest absolute Gasteiger partial charge is 0.496 e. The molecule has 0 bridgehead atoms. The third kappa shape index (κ3) is 2.39. The number of benzene rings is 1. The Morgan fingerprint density at radius 1 is 1.27 bits per heavy atom. The van der Waals surface area contributed by atoms with Gasteiger partial charge in [0.1, 0.15) is 5.75 Å². The summed E-state index contributed by atoms with van der Waals surface area (Å²) in [6, 6.07) is 2.81. The van der Waals surface area contributed by atoms with E-state index >= 15 is 0 Å². The normalized spacial score (nSPS) is 12.3. The molecule has 0 saturated carbocycles. The van der Waals surface area contributed by atoms with E-state index in [2.05, 4.69) is 0 Å². The summed E-state index contributed by atoms with van der Waals surface area (Å²) in [6.07, 6.45) is 0. The zero-order valence-electron chi connectivity index (χ0n) is 9.08. The fourth-order valence-electron chi connectivity index (χ4n) is 1.37. The van der Waals surface area contributed by atoms with Gasteiger partial charge in [0.15, 0.2) is 11.6 Å². The summed E-state index contributed by atoms with van der Waals surface area (Å²) in [5.74, 6) is 0.0458. The van der Waals surface area contributed by atoms with Gasteiger partial charge in [-0.15, -0.1) is 0 Å². The molecule has 15 heavy (non-hydrogen) atoms. The average molecular weight is 214 g/mol. The number of rotatable bonds is 4. The lowest BCUT2D eigenvalue weighted by atomic mass is 10.0. The molecule has 1 atom stereocenters. The van der Waals surface area contributed by atoms with E-state index in [1.54, 1.807) is 6.92 Å². The molecule has 0 radical (unpaired) electrons. The highest BCUT2D eigenvalue weighted by atomic mass is 19.1. The predicted molar refractivity (Wildman–Crippen MR) is 55.0 cm³/mol. The maximum Gasteiger partial charge on any atom is 0.165 e. The van der Waals surface area contributed by atoms with E-state index in [1.165, 1.54) is 26.4 Å². The van der Waals surface area contributed by atoms with Crippen molar-refractivity contribution in [3.8, 4) is 11.5 Å². The topological polar surface area (TPSA) is 38.7 Å². The number of aliphatic hydroxyl groups excluding tert-OH is 1. The van der Waals surface area contributed by atoms with Crippen LogP contribution in [0.1, 0.15) is 18.4 Å². The minimum atomic E-state index is -0.450. The summed E-state index contributed by atoms with van der Waals surface area (Å²) < 4.78 is 23.3. The van der Waals surface area contributed by atoms with Gasteiger partial charge in [0, 0.05) is 24.2 Å². The van der Waals surface area contributed by atoms with Gasteiger partial charge in [0.25, 0.3) is 0 Å². The van der Waals surface area contributed by atoms with E-state index in [0.717, 1.165) is 0 Å². The molecule has 0 spiro atoms. The molecule has 0 aliphatic heterocycles. The van der Waals surface area contributed by atoms with Gasteiger partial charge < -0.3 is 14.6 Å². The molecule has 0 aromatic heterocycles. The number of hydrogen-bond acceptors (Lipinski definition) is 3. The van der Waals surface area contributed by atoms with Crippen molar-refractivity contribution < 1.29 is 19.0 Å². The maximum atomic E-state index is 13.4. The van der Waals surface area contributed by atoms with Gasteiger partial charge in [-0.25, -0.2) is 4.39 Å². The molecule has 0 heterocycles. The molecular formula is C11H15FO3. The Morgan fingerprint density at radius 3 is 2.33 bits per heavy atom. The van der Waals surface area contributed by atoms with E-state index in [-0.39, 0.29) is 18.3 Å². The number of ether oxygens (including phenoxy) is 2. The van der Waals surface area contributed by atoms with Crippen LogP contribution in [-0.4, -0.2) is 25.9 Å². The monoisotopic (exact) mass is 214 g/mol. The third-order valence-electron chi connectivity index (χ3n) is 2.31. The Bertz CT molecular complexity index is 339. The number of hydrogen-bond donors (Lipinski definition) is 1. The first kappa shape index (κ1) is 11.8. The summed E-state index contributed by atoms with van der Waals surface area (Å²) in [4.78, 5) is 0. The molecule has 4 heteroatoms. The summed E-state index contributed by atoms with van der Waals surface area (Å²) >= 11 is 0. The van der Waals surface area contributed by atoms with Crippen LogP contribution in [0.25, 0.3) is 0 Å². The number of halogens is 1. The quantitative estimate of drug-likeness (QED) is 0.832. The Hall–Kier alpha value is -1.29. The second-order valence-corrected chi connectivity index (χ2v) is 3.31. The van der Waals surface area contributed by atoms with Crippen LogP contribution in [0.4, 0.5) is 4.39 Å². The molecule has 1 aromatic carbocycles. The van der Waals surface area contributed by atoms with Crippen molar-refractivity contribution in [2.75, 3.05) is 20.8 Å². The molecule has 1 unspecified atom stereocenters. The van der Waals surface area contributed by atoms with Crippen LogP contribution >= 0.6 is 0 Å². The molecule has 0 aliphatic rings. The molecule has 3 nitrogen and oxygen atoms in total. The van der Waals surface area contributed by atoms with E-state index in [1.807, 2.05) is 0 Å². The predicted octanol–water partition coefficient (Wildman–Crippen LogP) is 1.94. The van der Waals surface area contributed by atoms with Crippen molar-refractivity contribution in [1.82, 2.24) is 0 Å². The van der Waals surface area contributed by atoms with Gasteiger partial charge in [0.2, 0.25) is 0 Å². The van der Waals surface area contributed by atoms with Crippen LogP contribution in [0, 0.1) is 5.82 Å². The van der Waals surface area contributed by atoms with Gasteiger partial charge in [-0.05, 0) is 6.07 Å². The first-order valence-electron chi connectivity index (χ1n) is 4.66. The summed E-state index contributed by atoms with van der Waals surface area (Å²) in [5.41, 5.74) is 0.637. The SMILES string of the molecule is COc1cc(OC)c(C(C)CO)cc1F. The van der Waals surface area contributed by atoms with Gasteiger partial charge >= 0.3 is 0 Å². The lowest BCUT2D eigenvalue weighted by molar-refractivity contribution is 0.269. The van der Waals surface area contributed by atoms with E-state index < -0.39 is 5.82 Å². The molecular weight excluding hydrogens is 199 g/mol. The van der Waals surface area contributed by atoms with Crippen molar-refractivity contribution in [1.29, 1.82) is 0 Å². The van der Waals surface area contributed by atoms with E-state index in [4.69, 9.17) is 14.6 Å². The first-order chi connectivity index (χ1) is 7.13. The maximum absolute atomic E-state index is 13.4. The Labute approximate surface area is 88.4 Å². The van der Waals surface area contributed by atoms with Crippen molar-refractivity contribution in [3.05, 3.63) is 23.5 Å². The molecule has 1 N–H and O–H groups in total. The minimum Gasteiger partial charge on any atom is -0.496 e. The molecule has 1 rings (SSSR count). The smallest absolute Gasteiger partial charge is 0.165 e. The van der Waals surface area contributed by atoms with Crippen molar-refractivity contribution in [2.24, 2.45) is 0 Å². The van der Waals surface area contributed by atoms with Gasteiger partial charge in [-0.2, -0.15) is 0 Å². The zero-order chi connectivity index (χ0) is 11.4. The molecule has 0 amide bonds. The third-order valence-corrected chi connectivity index (χ3v) is 2.31. The highest BCUT2D eigenvalue weighted by Crippen LogP contribution is 2.32. The summed E-state index contributed by atoms with van der Waals surface area (Å²) in [6.45, 7) is 1.74. The van der Waals surface area contributed by atoms with Crippen LogP contribution in [0.5, 0.6) is 11.5 Å². The van der Waals surface area contributed by atoms with Crippen molar-refractivity contribution in [2.45, 2.75) is 12.8 Å². The number of methoxy groups -OCH3 is 2. The van der Waals surface area contributed by atoms with Crippen molar-refractivity contribution >= 4 is 0 Å². The molecule has 0 fully saturated rings. The first-order valence-corrected chi connectivity index (χ1v) is 4.66. The molecule has 1 aromatic rings. The van der Waals surface area contributed by atoms with Gasteiger partial charge in [-0.3, -0.25) is 0 Å². The highest BCUT2D eigenvalue weighted by molar-refractivity contribution is 5.43. The minimum absolute atomic E-state index is 0.0534. The average Bonchev–Trinajstić information content (AvgIpc) is 2.27. The molecule has 0 saturated heterocycles. The lowest BCUT2D eigenvalue weighted by Crippen LogP contribution is -2.03. The second-order valence-electron chi connectivity index (χ2n) is 3.31. The van der Waals surface area contributed by atoms with Gasteiger partial charge in [0.05, 0.1) is 14.2 Å². The summed E-state index contributed by atoms with van der Waals surface area (Å²) in [5, 5.41) is 9.02. The van der Waals surface area contributed by atoms with Crippen LogP contribution in [0.3, 0.4) is 0 Å².